The first-order chi connectivity index (χ1) is 7.77. The molecule has 0 radical (unpaired) electrons. The van der Waals surface area contributed by atoms with Gasteiger partial charge in [-0.25, -0.2) is 0 Å². The Morgan fingerprint density at radius 1 is 1.00 bits per heavy atom. The van der Waals surface area contributed by atoms with Gasteiger partial charge in [-0.1, -0.05) is 19.9 Å². The number of nitrogens with two attached hydrogens (primary N) is 1. The van der Waals surface area contributed by atoms with Gasteiger partial charge in [0.2, 0.25) is 0 Å². The fourth-order valence-electron chi connectivity index (χ4n) is 1.28. The highest BCUT2D eigenvalue weighted by molar-refractivity contribution is 5.44. The molecule has 0 bridgehead atoms. The number of hydrogen-bond acceptors (Lipinski definition) is 2. The zero-order valence-corrected chi connectivity index (χ0v) is 9.55. The molecule has 0 aliphatic heterocycles. The molecule has 0 unspecified atom stereocenters. The summed E-state index contributed by atoms with van der Waals surface area (Å²) < 4.78 is 1.57. The van der Waals surface area contributed by atoms with Crippen LogP contribution in [0.25, 0.3) is 5.69 Å². The van der Waals surface area contributed by atoms with Gasteiger partial charge in [-0.3, -0.25) is 9.36 Å². The smallest absolute Gasteiger partial charge is 0.255 e. The van der Waals surface area contributed by atoms with Crippen molar-refractivity contribution < 1.29 is 0 Å². The van der Waals surface area contributed by atoms with Crippen LogP contribution in [-0.4, -0.2) is 4.57 Å². The molecule has 1 heterocycles. The normalized spacial score (nSPS) is 9.12. The van der Waals surface area contributed by atoms with Crippen LogP contribution in [0.15, 0.2) is 53.5 Å². The summed E-state index contributed by atoms with van der Waals surface area (Å²) in [6.45, 7) is 4.00. The van der Waals surface area contributed by atoms with E-state index in [2.05, 4.69) is 0 Å². The molecule has 3 nitrogen and oxygen atoms in total. The van der Waals surface area contributed by atoms with Gasteiger partial charge in [0.25, 0.3) is 5.56 Å². The molecule has 2 N–H and O–H groups in total. The molecule has 16 heavy (non-hydrogen) atoms. The molecule has 0 saturated carbocycles. The van der Waals surface area contributed by atoms with Crippen molar-refractivity contribution >= 4 is 5.69 Å². The van der Waals surface area contributed by atoms with E-state index in [4.69, 9.17) is 5.73 Å². The molecule has 0 aliphatic carbocycles. The molecule has 2 aromatic rings. The summed E-state index contributed by atoms with van der Waals surface area (Å²) in [6.07, 6.45) is 1.73. The minimum atomic E-state index is -0.0442. The summed E-state index contributed by atoms with van der Waals surface area (Å²) >= 11 is 0. The highest BCUT2D eigenvalue weighted by atomic mass is 16.1. The summed E-state index contributed by atoms with van der Waals surface area (Å²) in [4.78, 5) is 11.4. The second-order valence-electron chi connectivity index (χ2n) is 3.00. The van der Waals surface area contributed by atoms with Crippen molar-refractivity contribution in [2.45, 2.75) is 13.8 Å². The number of nitrogen functional groups attached to an aromatic ring is 1. The lowest BCUT2D eigenvalue weighted by Gasteiger charge is -2.04. The van der Waals surface area contributed by atoms with Gasteiger partial charge in [-0.2, -0.15) is 0 Å². The topological polar surface area (TPSA) is 48.0 Å². The number of aromatic nitrogens is 1. The molecule has 1 aromatic carbocycles. The van der Waals surface area contributed by atoms with Gasteiger partial charge < -0.3 is 5.73 Å². The SMILES string of the molecule is CC.Nc1ccc(-n2ccccc2=O)cc1. The fourth-order valence-corrected chi connectivity index (χ4v) is 1.28. The minimum absolute atomic E-state index is 0.0442. The number of pyridine rings is 1. The van der Waals surface area contributed by atoms with Crippen LogP contribution in [0.5, 0.6) is 0 Å². The molecule has 84 valence electrons. The third-order valence-electron chi connectivity index (χ3n) is 1.99. The largest absolute Gasteiger partial charge is 0.399 e. The molecule has 0 amide bonds. The third kappa shape index (κ3) is 2.73. The number of hydrogen-bond donors (Lipinski definition) is 1. The van der Waals surface area contributed by atoms with Crippen LogP contribution in [0.4, 0.5) is 5.69 Å². The van der Waals surface area contributed by atoms with E-state index in [1.54, 1.807) is 29.0 Å². The lowest BCUT2D eigenvalue weighted by Crippen LogP contribution is -2.15. The molecule has 2 rings (SSSR count). The van der Waals surface area contributed by atoms with Crippen LogP contribution in [-0.2, 0) is 0 Å². The van der Waals surface area contributed by atoms with E-state index in [9.17, 15) is 4.79 Å². The Morgan fingerprint density at radius 3 is 2.19 bits per heavy atom. The molecule has 0 aliphatic rings. The fraction of sp³-hybridized carbons (Fsp3) is 0.154. The quantitative estimate of drug-likeness (QED) is 0.744. The van der Waals surface area contributed by atoms with Gasteiger partial charge in [0.15, 0.2) is 0 Å². The van der Waals surface area contributed by atoms with Crippen LogP contribution in [0.2, 0.25) is 0 Å². The van der Waals surface area contributed by atoms with Crippen molar-refractivity contribution in [1.29, 1.82) is 0 Å². The summed E-state index contributed by atoms with van der Waals surface area (Å²) in [7, 11) is 0. The van der Waals surface area contributed by atoms with Crippen LogP contribution < -0.4 is 11.3 Å². The Morgan fingerprint density at radius 2 is 1.62 bits per heavy atom. The number of benzene rings is 1. The zero-order chi connectivity index (χ0) is 12.0. The predicted octanol–water partition coefficient (Wildman–Crippen LogP) is 2.45. The molecule has 0 saturated heterocycles. The van der Waals surface area contributed by atoms with E-state index >= 15 is 0 Å². The Bertz CT molecular complexity index is 486. The first-order valence-corrected chi connectivity index (χ1v) is 5.31. The van der Waals surface area contributed by atoms with E-state index in [-0.39, 0.29) is 5.56 Å². The zero-order valence-electron chi connectivity index (χ0n) is 9.55. The van der Waals surface area contributed by atoms with Gasteiger partial charge in [-0.05, 0) is 30.3 Å². The third-order valence-corrected chi connectivity index (χ3v) is 1.99. The Balaban J connectivity index is 0.000000606. The number of rotatable bonds is 1. The van der Waals surface area contributed by atoms with E-state index in [0.717, 1.165) is 5.69 Å². The van der Waals surface area contributed by atoms with Gasteiger partial charge in [0.05, 0.1) is 0 Å². The molecule has 0 spiro atoms. The monoisotopic (exact) mass is 216 g/mol. The van der Waals surface area contributed by atoms with Crippen molar-refractivity contribution in [3.8, 4) is 5.69 Å². The Labute approximate surface area is 95.2 Å². The summed E-state index contributed by atoms with van der Waals surface area (Å²) in [5.41, 5.74) is 7.03. The maximum Gasteiger partial charge on any atom is 0.255 e. The van der Waals surface area contributed by atoms with E-state index in [0.29, 0.717) is 5.69 Å². The van der Waals surface area contributed by atoms with Crippen LogP contribution in [0.1, 0.15) is 13.8 Å². The van der Waals surface area contributed by atoms with E-state index in [1.807, 2.05) is 32.0 Å². The maximum absolute atomic E-state index is 11.4. The molecular formula is C13H16N2O. The Kier molecular flexibility index (Phi) is 4.33. The van der Waals surface area contributed by atoms with Crippen molar-refractivity contribution in [3.05, 3.63) is 59.0 Å². The van der Waals surface area contributed by atoms with Gasteiger partial charge in [0, 0.05) is 23.6 Å². The lowest BCUT2D eigenvalue weighted by molar-refractivity contribution is 0.991. The molecule has 0 fully saturated rings. The van der Waals surface area contributed by atoms with Crippen molar-refractivity contribution in [2.24, 2.45) is 0 Å². The van der Waals surface area contributed by atoms with Crippen molar-refractivity contribution in [2.75, 3.05) is 5.73 Å². The van der Waals surface area contributed by atoms with E-state index in [1.165, 1.54) is 6.07 Å². The number of nitrogens with zero attached hydrogens (tertiary/aromatic N) is 1. The van der Waals surface area contributed by atoms with Crippen LogP contribution in [0.3, 0.4) is 0 Å². The predicted molar refractivity (Wildman–Crippen MR) is 67.8 cm³/mol. The van der Waals surface area contributed by atoms with Crippen LogP contribution >= 0.6 is 0 Å². The summed E-state index contributed by atoms with van der Waals surface area (Å²) in [5.74, 6) is 0. The molecule has 3 heteroatoms. The number of anilines is 1. The second kappa shape index (κ2) is 5.75. The average molecular weight is 216 g/mol. The maximum atomic E-state index is 11.4. The summed E-state index contributed by atoms with van der Waals surface area (Å²) in [5, 5.41) is 0. The van der Waals surface area contributed by atoms with Gasteiger partial charge >= 0.3 is 0 Å². The second-order valence-corrected chi connectivity index (χ2v) is 3.00. The highest BCUT2D eigenvalue weighted by Crippen LogP contribution is 2.08. The lowest BCUT2D eigenvalue weighted by atomic mass is 10.3. The van der Waals surface area contributed by atoms with Gasteiger partial charge in [-0.15, -0.1) is 0 Å². The van der Waals surface area contributed by atoms with E-state index < -0.39 is 0 Å². The van der Waals surface area contributed by atoms with Gasteiger partial charge in [0.1, 0.15) is 0 Å². The minimum Gasteiger partial charge on any atom is -0.399 e. The first kappa shape index (κ1) is 12.0. The molecule has 0 atom stereocenters. The van der Waals surface area contributed by atoms with Crippen molar-refractivity contribution in [1.82, 2.24) is 4.57 Å². The molecular weight excluding hydrogens is 200 g/mol. The van der Waals surface area contributed by atoms with Crippen molar-refractivity contribution in [3.63, 3.8) is 0 Å². The Hall–Kier alpha value is -2.03. The highest BCUT2D eigenvalue weighted by Gasteiger charge is 1.96. The van der Waals surface area contributed by atoms with Crippen LogP contribution in [0, 0.1) is 0 Å². The average Bonchev–Trinajstić information content (AvgIpc) is 2.34. The molecule has 1 aromatic heterocycles. The standard InChI is InChI=1S/C11H10N2O.C2H6/c12-9-4-6-10(7-5-9)13-8-2-1-3-11(13)14;1-2/h1-8H,12H2;1-2H3. The summed E-state index contributed by atoms with van der Waals surface area (Å²) in [6, 6.07) is 12.2. The first-order valence-electron chi connectivity index (χ1n) is 5.31.